The summed E-state index contributed by atoms with van der Waals surface area (Å²) in [5, 5.41) is 6.73. The first-order chi connectivity index (χ1) is 12.5. The van der Waals surface area contributed by atoms with Crippen LogP contribution in [0.25, 0.3) is 0 Å². The van der Waals surface area contributed by atoms with Crippen LogP contribution in [0.1, 0.15) is 37.8 Å². The molecule has 2 fully saturated rings. The standard InChI is InChI=1S/C20H31FN4O.HI/c1-14(24-20(22-2)23-11-16-8-9-25(3)12-16)17-6-7-19(18(21)10-17)26-13-15-4-5-15;/h6-7,10,14-16H,4-5,8-9,11-13H2,1-3H3,(H2,22,23,24);1H. The Labute approximate surface area is 179 Å². The van der Waals surface area contributed by atoms with Crippen LogP contribution in [0.5, 0.6) is 5.75 Å². The minimum absolute atomic E-state index is 0. The third-order valence-electron chi connectivity index (χ3n) is 5.25. The van der Waals surface area contributed by atoms with Crippen molar-refractivity contribution in [3.63, 3.8) is 0 Å². The van der Waals surface area contributed by atoms with Crippen molar-refractivity contribution in [2.24, 2.45) is 16.8 Å². The Morgan fingerprint density at radius 2 is 2.11 bits per heavy atom. The van der Waals surface area contributed by atoms with Crippen LogP contribution in [-0.4, -0.2) is 51.2 Å². The summed E-state index contributed by atoms with van der Waals surface area (Å²) in [6, 6.07) is 5.16. The van der Waals surface area contributed by atoms with Gasteiger partial charge in [-0.2, -0.15) is 0 Å². The van der Waals surface area contributed by atoms with Gasteiger partial charge in [-0.25, -0.2) is 4.39 Å². The van der Waals surface area contributed by atoms with E-state index in [-0.39, 0.29) is 35.8 Å². The third kappa shape index (κ3) is 6.78. The molecular weight excluding hydrogens is 458 g/mol. The molecule has 1 aliphatic heterocycles. The highest BCUT2D eigenvalue weighted by Crippen LogP contribution is 2.30. The van der Waals surface area contributed by atoms with Gasteiger partial charge in [-0.3, -0.25) is 4.99 Å². The first-order valence-corrected chi connectivity index (χ1v) is 9.63. The summed E-state index contributed by atoms with van der Waals surface area (Å²) < 4.78 is 19.9. The molecule has 1 aliphatic carbocycles. The Bertz CT molecular complexity index is 638. The number of hydrogen-bond acceptors (Lipinski definition) is 3. The minimum Gasteiger partial charge on any atom is -0.490 e. The number of aliphatic imine (C=N–C) groups is 1. The number of rotatable bonds is 7. The van der Waals surface area contributed by atoms with Crippen LogP contribution >= 0.6 is 24.0 Å². The van der Waals surface area contributed by atoms with Crippen molar-refractivity contribution < 1.29 is 9.13 Å². The number of ether oxygens (including phenoxy) is 1. The van der Waals surface area contributed by atoms with Gasteiger partial charge >= 0.3 is 0 Å². The molecule has 0 spiro atoms. The molecule has 5 nitrogen and oxygen atoms in total. The molecule has 152 valence electrons. The molecular formula is C20H32FIN4O. The van der Waals surface area contributed by atoms with Crippen molar-refractivity contribution in [2.75, 3.05) is 40.3 Å². The van der Waals surface area contributed by atoms with Crippen LogP contribution in [0.4, 0.5) is 4.39 Å². The molecule has 1 heterocycles. The molecule has 2 N–H and O–H groups in total. The van der Waals surface area contributed by atoms with Gasteiger partial charge < -0.3 is 20.3 Å². The number of likely N-dealkylation sites (tertiary alicyclic amines) is 1. The summed E-state index contributed by atoms with van der Waals surface area (Å²) >= 11 is 0. The molecule has 0 bridgehead atoms. The van der Waals surface area contributed by atoms with Gasteiger partial charge in [0.05, 0.1) is 12.6 Å². The number of guanidine groups is 1. The van der Waals surface area contributed by atoms with Gasteiger partial charge in [0.25, 0.3) is 0 Å². The molecule has 7 heteroatoms. The Morgan fingerprint density at radius 3 is 2.70 bits per heavy atom. The summed E-state index contributed by atoms with van der Waals surface area (Å²) in [5.74, 6) is 2.06. The highest BCUT2D eigenvalue weighted by atomic mass is 127. The molecule has 1 saturated heterocycles. The molecule has 2 unspecified atom stereocenters. The van der Waals surface area contributed by atoms with Gasteiger partial charge in [0.1, 0.15) is 0 Å². The fourth-order valence-electron chi connectivity index (χ4n) is 3.31. The molecule has 1 saturated carbocycles. The van der Waals surface area contributed by atoms with Gasteiger partial charge in [0, 0.05) is 20.1 Å². The van der Waals surface area contributed by atoms with Crippen LogP contribution in [0.2, 0.25) is 0 Å². The average Bonchev–Trinajstić information content (AvgIpc) is 3.37. The van der Waals surface area contributed by atoms with Crippen LogP contribution in [0, 0.1) is 17.7 Å². The van der Waals surface area contributed by atoms with E-state index in [4.69, 9.17) is 4.74 Å². The quantitative estimate of drug-likeness (QED) is 0.350. The van der Waals surface area contributed by atoms with Crippen molar-refractivity contribution in [3.8, 4) is 5.75 Å². The number of halogens is 2. The van der Waals surface area contributed by atoms with Gasteiger partial charge in [-0.1, -0.05) is 6.07 Å². The van der Waals surface area contributed by atoms with Gasteiger partial charge in [0.15, 0.2) is 17.5 Å². The highest BCUT2D eigenvalue weighted by Gasteiger charge is 2.23. The highest BCUT2D eigenvalue weighted by molar-refractivity contribution is 14.0. The normalized spacial score (nSPS) is 21.5. The molecule has 1 aromatic carbocycles. The summed E-state index contributed by atoms with van der Waals surface area (Å²) in [6.45, 7) is 5.81. The van der Waals surface area contributed by atoms with E-state index in [2.05, 4.69) is 27.6 Å². The zero-order valence-corrected chi connectivity index (χ0v) is 18.8. The van der Waals surface area contributed by atoms with Gasteiger partial charge in [-0.05, 0) is 69.3 Å². The van der Waals surface area contributed by atoms with Crippen LogP contribution in [0.3, 0.4) is 0 Å². The van der Waals surface area contributed by atoms with E-state index in [1.807, 2.05) is 13.0 Å². The maximum atomic E-state index is 14.3. The predicted molar refractivity (Wildman–Crippen MR) is 119 cm³/mol. The van der Waals surface area contributed by atoms with Crippen molar-refractivity contribution in [1.82, 2.24) is 15.5 Å². The summed E-state index contributed by atoms with van der Waals surface area (Å²) in [7, 11) is 3.92. The lowest BCUT2D eigenvalue weighted by atomic mass is 10.1. The Kier molecular flexibility index (Phi) is 8.60. The van der Waals surface area contributed by atoms with E-state index in [1.54, 1.807) is 19.2 Å². The molecule has 0 aromatic heterocycles. The van der Waals surface area contributed by atoms with Crippen molar-refractivity contribution in [2.45, 2.75) is 32.2 Å². The van der Waals surface area contributed by atoms with E-state index in [0.29, 0.717) is 24.2 Å². The predicted octanol–water partition coefficient (Wildman–Crippen LogP) is 3.41. The smallest absolute Gasteiger partial charge is 0.191 e. The second kappa shape index (κ2) is 10.5. The van der Waals surface area contributed by atoms with E-state index in [9.17, 15) is 4.39 Å². The van der Waals surface area contributed by atoms with Crippen LogP contribution in [0.15, 0.2) is 23.2 Å². The number of nitrogens with one attached hydrogen (secondary N) is 2. The molecule has 27 heavy (non-hydrogen) atoms. The van der Waals surface area contributed by atoms with E-state index in [0.717, 1.165) is 31.2 Å². The summed E-state index contributed by atoms with van der Waals surface area (Å²) in [5.41, 5.74) is 0.879. The molecule has 2 atom stereocenters. The maximum Gasteiger partial charge on any atom is 0.191 e. The van der Waals surface area contributed by atoms with Crippen molar-refractivity contribution >= 4 is 29.9 Å². The largest absolute Gasteiger partial charge is 0.490 e. The number of nitrogens with zero attached hydrogens (tertiary/aromatic N) is 2. The molecule has 0 radical (unpaired) electrons. The number of benzene rings is 1. The van der Waals surface area contributed by atoms with E-state index in [1.165, 1.54) is 19.3 Å². The SMILES string of the molecule is CN=C(NCC1CCN(C)C1)NC(C)c1ccc(OCC2CC2)c(F)c1.I. The lowest BCUT2D eigenvalue weighted by Crippen LogP contribution is -2.41. The lowest BCUT2D eigenvalue weighted by Gasteiger charge is -2.20. The monoisotopic (exact) mass is 490 g/mol. The Hall–Kier alpha value is -1.09. The van der Waals surface area contributed by atoms with E-state index < -0.39 is 0 Å². The second-order valence-corrected chi connectivity index (χ2v) is 7.68. The molecule has 1 aromatic rings. The van der Waals surface area contributed by atoms with E-state index >= 15 is 0 Å². The first-order valence-electron chi connectivity index (χ1n) is 9.63. The van der Waals surface area contributed by atoms with Gasteiger partial charge in [0.2, 0.25) is 0 Å². The minimum atomic E-state index is -0.297. The first kappa shape index (κ1) is 22.2. The van der Waals surface area contributed by atoms with Crippen LogP contribution in [-0.2, 0) is 0 Å². The molecule has 3 rings (SSSR count). The van der Waals surface area contributed by atoms with Crippen molar-refractivity contribution in [1.29, 1.82) is 0 Å². The second-order valence-electron chi connectivity index (χ2n) is 7.68. The fourth-order valence-corrected chi connectivity index (χ4v) is 3.31. The van der Waals surface area contributed by atoms with Crippen molar-refractivity contribution in [3.05, 3.63) is 29.6 Å². The Balaban J connectivity index is 0.00000261. The van der Waals surface area contributed by atoms with Gasteiger partial charge in [-0.15, -0.1) is 24.0 Å². The summed E-state index contributed by atoms with van der Waals surface area (Å²) in [6.07, 6.45) is 3.61. The average molecular weight is 490 g/mol. The maximum absolute atomic E-state index is 14.3. The summed E-state index contributed by atoms with van der Waals surface area (Å²) in [4.78, 5) is 6.64. The zero-order valence-electron chi connectivity index (χ0n) is 16.5. The van der Waals surface area contributed by atoms with Crippen LogP contribution < -0.4 is 15.4 Å². The Morgan fingerprint density at radius 1 is 1.33 bits per heavy atom. The fraction of sp³-hybridized carbons (Fsp3) is 0.650. The zero-order chi connectivity index (χ0) is 18.5. The lowest BCUT2D eigenvalue weighted by molar-refractivity contribution is 0.285. The third-order valence-corrected chi connectivity index (χ3v) is 5.25. The molecule has 2 aliphatic rings. The molecule has 0 amide bonds. The topological polar surface area (TPSA) is 48.9 Å². The number of hydrogen-bond donors (Lipinski definition) is 2.